The molecule has 0 aliphatic heterocycles. The van der Waals surface area contributed by atoms with E-state index in [1.807, 2.05) is 47.0 Å². The van der Waals surface area contributed by atoms with Gasteiger partial charge >= 0.3 is 0 Å². The van der Waals surface area contributed by atoms with E-state index in [0.717, 1.165) is 35.9 Å². The highest BCUT2D eigenvalue weighted by atomic mass is 16.5. The van der Waals surface area contributed by atoms with Crippen molar-refractivity contribution in [1.29, 1.82) is 0 Å². The van der Waals surface area contributed by atoms with E-state index in [1.165, 1.54) is 18.4 Å². The number of ether oxygens (including phenoxy) is 2. The fourth-order valence-electron chi connectivity index (χ4n) is 5.00. The number of nitrogens with zero attached hydrogens (tertiary/aromatic N) is 3. The van der Waals surface area contributed by atoms with Crippen LogP contribution in [-0.4, -0.2) is 41.2 Å². The first-order valence-corrected chi connectivity index (χ1v) is 12.8. The van der Waals surface area contributed by atoms with Crippen molar-refractivity contribution in [3.63, 3.8) is 0 Å². The molecule has 192 valence electrons. The third-order valence-corrected chi connectivity index (χ3v) is 7.01. The molecule has 37 heavy (non-hydrogen) atoms. The number of rotatable bonds is 9. The van der Waals surface area contributed by atoms with Crippen LogP contribution in [0, 0.1) is 0 Å². The summed E-state index contributed by atoms with van der Waals surface area (Å²) in [5.41, 5.74) is 12.2. The molecule has 1 aliphatic carbocycles. The Morgan fingerprint density at radius 2 is 1.81 bits per heavy atom. The Bertz CT molecular complexity index is 1470. The van der Waals surface area contributed by atoms with E-state index in [-0.39, 0.29) is 5.91 Å². The van der Waals surface area contributed by atoms with Crippen LogP contribution in [0.1, 0.15) is 48.0 Å². The van der Waals surface area contributed by atoms with Gasteiger partial charge in [-0.15, -0.1) is 0 Å². The van der Waals surface area contributed by atoms with Gasteiger partial charge in [0.2, 0.25) is 0 Å². The summed E-state index contributed by atoms with van der Waals surface area (Å²) in [6.07, 6.45) is 8.60. The molecule has 1 amide bonds. The van der Waals surface area contributed by atoms with Gasteiger partial charge in [-0.05, 0) is 68.4 Å². The zero-order valence-electron chi connectivity index (χ0n) is 21.4. The number of fused-ring (bicyclic) bond motifs is 2. The first-order chi connectivity index (χ1) is 18.1. The van der Waals surface area contributed by atoms with Crippen molar-refractivity contribution < 1.29 is 14.3 Å². The summed E-state index contributed by atoms with van der Waals surface area (Å²) in [5.74, 6) is 1.49. The molecular weight excluding hydrogens is 466 g/mol. The zero-order valence-corrected chi connectivity index (χ0v) is 21.4. The summed E-state index contributed by atoms with van der Waals surface area (Å²) in [5, 5.41) is 3.03. The summed E-state index contributed by atoms with van der Waals surface area (Å²) in [6, 6.07) is 13.4. The van der Waals surface area contributed by atoms with Gasteiger partial charge in [-0.25, -0.2) is 9.97 Å². The van der Waals surface area contributed by atoms with Gasteiger partial charge in [0.05, 0.1) is 25.3 Å². The Balaban J connectivity index is 1.41. The number of methoxy groups -OCH3 is 2. The van der Waals surface area contributed by atoms with Crippen LogP contribution in [0.4, 0.5) is 5.82 Å². The van der Waals surface area contributed by atoms with Crippen LogP contribution >= 0.6 is 0 Å². The predicted octanol–water partition coefficient (Wildman–Crippen LogP) is 5.05. The average Bonchev–Trinajstić information content (AvgIpc) is 3.20. The minimum atomic E-state index is -0.247. The summed E-state index contributed by atoms with van der Waals surface area (Å²) in [6.45, 7) is 1.11. The lowest BCUT2D eigenvalue weighted by Crippen LogP contribution is -2.26. The largest absolute Gasteiger partial charge is 0.493 e. The molecular formula is C29H33N5O3. The number of carbonyl (C=O) groups excluding carboxylic acids is 1. The van der Waals surface area contributed by atoms with E-state index >= 15 is 0 Å². The van der Waals surface area contributed by atoms with E-state index in [1.54, 1.807) is 14.2 Å². The highest BCUT2D eigenvalue weighted by Gasteiger charge is 2.24. The maximum Gasteiger partial charge on any atom is 0.257 e. The third-order valence-electron chi connectivity index (χ3n) is 7.01. The molecule has 0 saturated carbocycles. The molecule has 0 fully saturated rings. The normalized spacial score (nSPS) is 13.5. The van der Waals surface area contributed by atoms with E-state index in [0.29, 0.717) is 53.6 Å². The van der Waals surface area contributed by atoms with Crippen molar-refractivity contribution in [3.8, 4) is 11.5 Å². The number of nitrogens with two attached hydrogens (primary N) is 1. The summed E-state index contributed by atoms with van der Waals surface area (Å²) in [4.78, 5) is 23.1. The standard InChI is InChI=1S/C29H33N5O3/c1-36-23-13-12-20(18-24(23)37-2)14-16-31-29(35)25-26-28(33-22-11-7-6-10-21(22)32-26)34(27(25)30)17-15-19-8-4-3-5-9-19/h6-8,10-13,18H,3-5,9,14-17,30H2,1-2H3,(H,31,35). The second-order valence-corrected chi connectivity index (χ2v) is 9.35. The molecule has 0 saturated heterocycles. The lowest BCUT2D eigenvalue weighted by molar-refractivity contribution is 0.0956. The quantitative estimate of drug-likeness (QED) is 0.313. The van der Waals surface area contributed by atoms with Crippen LogP contribution in [0.2, 0.25) is 0 Å². The van der Waals surface area contributed by atoms with E-state index in [2.05, 4.69) is 11.4 Å². The van der Waals surface area contributed by atoms with Crippen molar-refractivity contribution in [2.75, 3.05) is 26.5 Å². The second-order valence-electron chi connectivity index (χ2n) is 9.35. The SMILES string of the molecule is COc1ccc(CCNC(=O)c2c(N)n(CCC3=CCCCC3)c3nc4ccccc4nc23)cc1OC. The third kappa shape index (κ3) is 5.09. The van der Waals surface area contributed by atoms with Crippen molar-refractivity contribution in [1.82, 2.24) is 19.9 Å². The van der Waals surface area contributed by atoms with Gasteiger partial charge in [-0.3, -0.25) is 4.79 Å². The number of hydrogen-bond donors (Lipinski definition) is 2. The lowest BCUT2D eigenvalue weighted by atomic mass is 9.97. The molecule has 2 heterocycles. The molecule has 0 radical (unpaired) electrons. The minimum Gasteiger partial charge on any atom is -0.493 e. The van der Waals surface area contributed by atoms with Crippen molar-refractivity contribution in [2.24, 2.45) is 0 Å². The number of amides is 1. The maximum atomic E-state index is 13.4. The van der Waals surface area contributed by atoms with E-state index in [4.69, 9.17) is 25.2 Å². The van der Waals surface area contributed by atoms with Crippen LogP contribution in [0.3, 0.4) is 0 Å². The van der Waals surface area contributed by atoms with Gasteiger partial charge in [0.1, 0.15) is 16.9 Å². The molecule has 3 N–H and O–H groups in total. The number of hydrogen-bond acceptors (Lipinski definition) is 6. The monoisotopic (exact) mass is 499 g/mol. The Hall–Kier alpha value is -4.07. The number of benzene rings is 2. The Kier molecular flexibility index (Phi) is 7.25. The number of nitrogen functional groups attached to an aromatic ring is 1. The fourth-order valence-corrected chi connectivity index (χ4v) is 5.00. The number of anilines is 1. The van der Waals surface area contributed by atoms with Gasteiger partial charge in [0.15, 0.2) is 17.1 Å². The molecule has 0 spiro atoms. The molecule has 0 bridgehead atoms. The molecule has 1 aliphatic rings. The van der Waals surface area contributed by atoms with Gasteiger partial charge in [-0.1, -0.05) is 29.8 Å². The van der Waals surface area contributed by atoms with E-state index < -0.39 is 0 Å². The summed E-state index contributed by atoms with van der Waals surface area (Å²) in [7, 11) is 3.22. The second kappa shape index (κ2) is 10.9. The maximum absolute atomic E-state index is 13.4. The molecule has 4 aromatic rings. The molecule has 8 nitrogen and oxygen atoms in total. The smallest absolute Gasteiger partial charge is 0.257 e. The molecule has 2 aromatic carbocycles. The summed E-state index contributed by atoms with van der Waals surface area (Å²) < 4.78 is 12.7. The Morgan fingerprint density at radius 1 is 1.03 bits per heavy atom. The highest BCUT2D eigenvalue weighted by Crippen LogP contribution is 2.30. The molecule has 5 rings (SSSR count). The molecule has 0 atom stereocenters. The number of allylic oxidation sites excluding steroid dienone is 2. The van der Waals surface area contributed by atoms with Gasteiger partial charge in [-0.2, -0.15) is 0 Å². The highest BCUT2D eigenvalue weighted by molar-refractivity contribution is 6.10. The Labute approximate surface area is 216 Å². The van der Waals surface area contributed by atoms with Gasteiger partial charge < -0.3 is 25.1 Å². The topological polar surface area (TPSA) is 104 Å². The van der Waals surface area contributed by atoms with Crippen LogP contribution in [0.15, 0.2) is 54.1 Å². The van der Waals surface area contributed by atoms with Gasteiger partial charge in [0, 0.05) is 13.1 Å². The molecule has 0 unspecified atom stereocenters. The van der Waals surface area contributed by atoms with Crippen LogP contribution < -0.4 is 20.5 Å². The van der Waals surface area contributed by atoms with Crippen LogP contribution in [0.5, 0.6) is 11.5 Å². The Morgan fingerprint density at radius 3 is 2.54 bits per heavy atom. The molecule has 2 aromatic heterocycles. The van der Waals surface area contributed by atoms with Crippen molar-refractivity contribution in [3.05, 3.63) is 65.2 Å². The number of para-hydroxylation sites is 2. The zero-order chi connectivity index (χ0) is 25.8. The number of carbonyl (C=O) groups is 1. The number of aromatic nitrogens is 3. The first kappa shape index (κ1) is 24.6. The van der Waals surface area contributed by atoms with Crippen LogP contribution in [-0.2, 0) is 13.0 Å². The van der Waals surface area contributed by atoms with Crippen molar-refractivity contribution >= 4 is 33.9 Å². The first-order valence-electron chi connectivity index (χ1n) is 12.8. The minimum absolute atomic E-state index is 0.247. The number of nitrogens with one attached hydrogen (secondary N) is 1. The van der Waals surface area contributed by atoms with Crippen molar-refractivity contribution in [2.45, 2.75) is 45.1 Å². The van der Waals surface area contributed by atoms with E-state index in [9.17, 15) is 4.79 Å². The lowest BCUT2D eigenvalue weighted by Gasteiger charge is -2.14. The number of aryl methyl sites for hydroxylation is 1. The van der Waals surface area contributed by atoms with Gasteiger partial charge in [0.25, 0.3) is 5.91 Å². The molecule has 8 heteroatoms. The van der Waals surface area contributed by atoms with Crippen LogP contribution in [0.25, 0.3) is 22.2 Å². The average molecular weight is 500 g/mol. The predicted molar refractivity (Wildman–Crippen MR) is 146 cm³/mol. The summed E-state index contributed by atoms with van der Waals surface area (Å²) >= 11 is 0. The fraction of sp³-hybridized carbons (Fsp3) is 0.345.